The van der Waals surface area contributed by atoms with Crippen molar-refractivity contribution in [1.82, 2.24) is 10.4 Å². The van der Waals surface area contributed by atoms with E-state index in [1.54, 1.807) is 0 Å². The zero-order valence-electron chi connectivity index (χ0n) is 9.76. The summed E-state index contributed by atoms with van der Waals surface area (Å²) in [6.45, 7) is 0. The van der Waals surface area contributed by atoms with E-state index in [4.69, 9.17) is 5.84 Å². The van der Waals surface area contributed by atoms with Crippen LogP contribution in [0.25, 0.3) is 10.9 Å². The van der Waals surface area contributed by atoms with Crippen molar-refractivity contribution in [3.05, 3.63) is 42.1 Å². The third-order valence-corrected chi connectivity index (χ3v) is 3.53. The van der Waals surface area contributed by atoms with Crippen molar-refractivity contribution in [2.45, 2.75) is 25.3 Å². The van der Waals surface area contributed by atoms with Crippen LogP contribution in [0.2, 0.25) is 0 Å². The lowest BCUT2D eigenvalue weighted by molar-refractivity contribution is 0.490. The highest BCUT2D eigenvalue weighted by Crippen LogP contribution is 2.38. The highest BCUT2D eigenvalue weighted by atomic mass is 15.2. The minimum Gasteiger partial charge on any atom is -0.271 e. The van der Waals surface area contributed by atoms with Crippen molar-refractivity contribution in [3.8, 4) is 0 Å². The smallest absolute Gasteiger partial charge is 0.0705 e. The molecule has 1 aromatic carbocycles. The molecule has 1 aromatic heterocycles. The molecule has 0 aliphatic heterocycles. The molecule has 1 unspecified atom stereocenters. The van der Waals surface area contributed by atoms with Gasteiger partial charge in [0.05, 0.1) is 5.52 Å². The minimum absolute atomic E-state index is 0.246. The Labute approximate surface area is 101 Å². The monoisotopic (exact) mass is 227 g/mol. The van der Waals surface area contributed by atoms with Crippen LogP contribution in [-0.2, 0) is 0 Å². The van der Waals surface area contributed by atoms with Crippen LogP contribution < -0.4 is 11.3 Å². The molecule has 1 aliphatic rings. The highest BCUT2D eigenvalue weighted by molar-refractivity contribution is 5.82. The number of pyridine rings is 1. The van der Waals surface area contributed by atoms with Gasteiger partial charge >= 0.3 is 0 Å². The van der Waals surface area contributed by atoms with Gasteiger partial charge in [0, 0.05) is 17.6 Å². The van der Waals surface area contributed by atoms with Gasteiger partial charge in [-0.05, 0) is 30.0 Å². The van der Waals surface area contributed by atoms with Crippen molar-refractivity contribution in [2.24, 2.45) is 11.8 Å². The van der Waals surface area contributed by atoms with E-state index in [9.17, 15) is 0 Å². The number of rotatable bonds is 4. The average molecular weight is 227 g/mol. The maximum Gasteiger partial charge on any atom is 0.0705 e. The molecule has 0 spiro atoms. The molecule has 1 heterocycles. The van der Waals surface area contributed by atoms with Crippen LogP contribution in [0.4, 0.5) is 0 Å². The lowest BCUT2D eigenvalue weighted by Gasteiger charge is -2.17. The molecule has 2 aromatic rings. The Morgan fingerprint density at radius 2 is 2.12 bits per heavy atom. The zero-order chi connectivity index (χ0) is 11.7. The fourth-order valence-corrected chi connectivity index (χ4v) is 2.39. The summed E-state index contributed by atoms with van der Waals surface area (Å²) in [5.74, 6) is 6.55. The summed E-state index contributed by atoms with van der Waals surface area (Å²) in [4.78, 5) is 4.38. The van der Waals surface area contributed by atoms with Crippen LogP contribution in [0, 0.1) is 5.92 Å². The summed E-state index contributed by atoms with van der Waals surface area (Å²) in [7, 11) is 0. The number of nitrogens with one attached hydrogen (secondary N) is 1. The maximum atomic E-state index is 5.70. The van der Waals surface area contributed by atoms with Crippen molar-refractivity contribution in [2.75, 3.05) is 0 Å². The fourth-order valence-electron chi connectivity index (χ4n) is 2.39. The van der Waals surface area contributed by atoms with Crippen LogP contribution in [0.5, 0.6) is 0 Å². The number of benzene rings is 1. The number of aromatic nitrogens is 1. The SMILES string of the molecule is NNC(CC1CC1)c1ccnc2ccccc12. The van der Waals surface area contributed by atoms with Gasteiger partial charge in [-0.15, -0.1) is 0 Å². The van der Waals surface area contributed by atoms with Gasteiger partial charge in [0.25, 0.3) is 0 Å². The Balaban J connectivity index is 2.01. The van der Waals surface area contributed by atoms with Gasteiger partial charge in [0.2, 0.25) is 0 Å². The first-order valence-corrected chi connectivity index (χ1v) is 6.18. The third-order valence-electron chi connectivity index (χ3n) is 3.53. The summed E-state index contributed by atoms with van der Waals surface area (Å²) >= 11 is 0. The standard InChI is InChI=1S/C14H17N3/c15-17-14(9-10-5-6-10)12-7-8-16-13-4-2-1-3-11(12)13/h1-4,7-8,10,14,17H,5-6,9,15H2. The minimum atomic E-state index is 0.246. The Morgan fingerprint density at radius 1 is 1.29 bits per heavy atom. The molecule has 0 amide bonds. The first-order chi connectivity index (χ1) is 8.38. The van der Waals surface area contributed by atoms with Gasteiger partial charge in [-0.3, -0.25) is 16.3 Å². The molecule has 1 saturated carbocycles. The molecule has 3 N–H and O–H groups in total. The summed E-state index contributed by atoms with van der Waals surface area (Å²) in [6, 6.07) is 10.6. The number of hydrazine groups is 1. The van der Waals surface area contributed by atoms with Crippen LogP contribution in [0.3, 0.4) is 0 Å². The number of nitrogens with zero attached hydrogens (tertiary/aromatic N) is 1. The lowest BCUT2D eigenvalue weighted by atomic mass is 9.98. The molecule has 3 heteroatoms. The maximum absolute atomic E-state index is 5.70. The van der Waals surface area contributed by atoms with E-state index in [-0.39, 0.29) is 6.04 Å². The van der Waals surface area contributed by atoms with Gasteiger partial charge < -0.3 is 0 Å². The summed E-state index contributed by atoms with van der Waals surface area (Å²) in [5, 5.41) is 1.21. The topological polar surface area (TPSA) is 50.9 Å². The molecular weight excluding hydrogens is 210 g/mol. The van der Waals surface area contributed by atoms with E-state index in [1.165, 1.54) is 23.8 Å². The number of nitrogens with two attached hydrogens (primary N) is 1. The van der Waals surface area contributed by atoms with Crippen molar-refractivity contribution >= 4 is 10.9 Å². The molecule has 0 saturated heterocycles. The largest absolute Gasteiger partial charge is 0.271 e. The summed E-state index contributed by atoms with van der Waals surface area (Å²) in [6.07, 6.45) is 5.70. The van der Waals surface area contributed by atoms with Crippen molar-refractivity contribution < 1.29 is 0 Å². The van der Waals surface area contributed by atoms with Crippen LogP contribution in [0.1, 0.15) is 30.9 Å². The second-order valence-corrected chi connectivity index (χ2v) is 4.82. The Bertz CT molecular complexity index is 514. The molecular formula is C14H17N3. The average Bonchev–Trinajstić information content (AvgIpc) is 3.19. The number of para-hydroxylation sites is 1. The van der Waals surface area contributed by atoms with E-state index in [2.05, 4.69) is 28.6 Å². The molecule has 0 bridgehead atoms. The number of hydrogen-bond donors (Lipinski definition) is 2. The molecule has 3 nitrogen and oxygen atoms in total. The first-order valence-electron chi connectivity index (χ1n) is 6.18. The van der Waals surface area contributed by atoms with Gasteiger partial charge in [0.15, 0.2) is 0 Å². The third kappa shape index (κ3) is 2.16. The number of fused-ring (bicyclic) bond motifs is 1. The van der Waals surface area contributed by atoms with Crippen molar-refractivity contribution in [3.63, 3.8) is 0 Å². The highest BCUT2D eigenvalue weighted by Gasteiger charge is 2.26. The summed E-state index contributed by atoms with van der Waals surface area (Å²) < 4.78 is 0. The fraction of sp³-hybridized carbons (Fsp3) is 0.357. The molecule has 88 valence electrons. The van der Waals surface area contributed by atoms with Gasteiger partial charge in [-0.1, -0.05) is 31.0 Å². The zero-order valence-corrected chi connectivity index (χ0v) is 9.76. The lowest BCUT2D eigenvalue weighted by Crippen LogP contribution is -2.28. The van der Waals surface area contributed by atoms with E-state index >= 15 is 0 Å². The van der Waals surface area contributed by atoms with E-state index < -0.39 is 0 Å². The Kier molecular flexibility index (Phi) is 2.79. The quantitative estimate of drug-likeness (QED) is 0.623. The molecule has 1 atom stereocenters. The van der Waals surface area contributed by atoms with Crippen LogP contribution in [0.15, 0.2) is 36.5 Å². The Morgan fingerprint density at radius 3 is 2.88 bits per heavy atom. The van der Waals surface area contributed by atoms with Crippen molar-refractivity contribution in [1.29, 1.82) is 0 Å². The first kappa shape index (κ1) is 10.7. The molecule has 17 heavy (non-hydrogen) atoms. The second-order valence-electron chi connectivity index (χ2n) is 4.82. The number of hydrogen-bond acceptors (Lipinski definition) is 3. The van der Waals surface area contributed by atoms with Gasteiger partial charge in [-0.2, -0.15) is 0 Å². The molecule has 0 radical (unpaired) electrons. The van der Waals surface area contributed by atoms with Gasteiger partial charge in [-0.25, -0.2) is 0 Å². The predicted molar refractivity (Wildman–Crippen MR) is 69.1 cm³/mol. The molecule has 1 aliphatic carbocycles. The van der Waals surface area contributed by atoms with Crippen LogP contribution >= 0.6 is 0 Å². The summed E-state index contributed by atoms with van der Waals surface area (Å²) in [5.41, 5.74) is 5.27. The van der Waals surface area contributed by atoms with E-state index in [0.29, 0.717) is 0 Å². The molecule has 1 fully saturated rings. The van der Waals surface area contributed by atoms with Gasteiger partial charge in [0.1, 0.15) is 0 Å². The van der Waals surface area contributed by atoms with Crippen LogP contribution in [-0.4, -0.2) is 4.98 Å². The predicted octanol–water partition coefficient (Wildman–Crippen LogP) is 2.54. The molecule has 3 rings (SSSR count). The van der Waals surface area contributed by atoms with E-state index in [1.807, 2.05) is 18.3 Å². The van der Waals surface area contributed by atoms with E-state index in [0.717, 1.165) is 17.9 Å². The Hall–Kier alpha value is -1.45. The normalized spacial score (nSPS) is 17.2. The second kappa shape index (κ2) is 4.43.